The Morgan fingerprint density at radius 1 is 1.19 bits per heavy atom. The number of H-pyrrole nitrogens is 1. The fourth-order valence-electron chi connectivity index (χ4n) is 2.96. The van der Waals surface area contributed by atoms with E-state index in [1.165, 1.54) is 0 Å². The summed E-state index contributed by atoms with van der Waals surface area (Å²) in [5.74, 6) is 1.96. The molecule has 0 saturated carbocycles. The van der Waals surface area contributed by atoms with Gasteiger partial charge in [0, 0.05) is 40.1 Å². The van der Waals surface area contributed by atoms with Crippen LogP contribution in [0.1, 0.15) is 24.4 Å². The standard InChI is InChI=1S/C19H17ClN6O/c1-11(15-10-13-9-14(20)3-4-16(13)24-18(15)27)23-19-22-6-5-17(25-19)26-8-7-21-12(26)2/h3-11H,1-2H3,(H,24,27)(H,22,23,25)/t11-/m0/s1. The summed E-state index contributed by atoms with van der Waals surface area (Å²) >= 11 is 6.06. The maximum absolute atomic E-state index is 12.5. The van der Waals surface area contributed by atoms with E-state index in [2.05, 4.69) is 25.3 Å². The summed E-state index contributed by atoms with van der Waals surface area (Å²) in [5, 5.41) is 4.68. The van der Waals surface area contributed by atoms with E-state index < -0.39 is 0 Å². The minimum atomic E-state index is -0.295. The quantitative estimate of drug-likeness (QED) is 0.564. The van der Waals surface area contributed by atoms with Crippen molar-refractivity contribution in [2.75, 3.05) is 5.32 Å². The number of rotatable bonds is 4. The predicted molar refractivity (Wildman–Crippen MR) is 106 cm³/mol. The molecule has 2 N–H and O–H groups in total. The lowest BCUT2D eigenvalue weighted by atomic mass is 10.1. The van der Waals surface area contributed by atoms with Crippen LogP contribution in [-0.4, -0.2) is 24.5 Å². The minimum Gasteiger partial charge on any atom is -0.347 e. The molecule has 7 nitrogen and oxygen atoms in total. The monoisotopic (exact) mass is 380 g/mol. The van der Waals surface area contributed by atoms with Crippen molar-refractivity contribution in [1.82, 2.24) is 24.5 Å². The molecule has 136 valence electrons. The van der Waals surface area contributed by atoms with Crippen molar-refractivity contribution < 1.29 is 0 Å². The molecule has 0 fully saturated rings. The van der Waals surface area contributed by atoms with Crippen LogP contribution in [0, 0.1) is 6.92 Å². The van der Waals surface area contributed by atoms with Gasteiger partial charge in [-0.25, -0.2) is 9.97 Å². The molecule has 0 unspecified atom stereocenters. The molecule has 4 rings (SSSR count). The number of nitrogens with zero attached hydrogens (tertiary/aromatic N) is 4. The number of pyridine rings is 1. The van der Waals surface area contributed by atoms with Crippen LogP contribution in [0.15, 0.2) is 53.7 Å². The first kappa shape index (κ1) is 17.2. The molecule has 0 spiro atoms. The van der Waals surface area contributed by atoms with E-state index in [9.17, 15) is 4.79 Å². The first-order valence-electron chi connectivity index (χ1n) is 8.43. The lowest BCUT2D eigenvalue weighted by Crippen LogP contribution is -2.20. The van der Waals surface area contributed by atoms with Gasteiger partial charge in [-0.15, -0.1) is 0 Å². The van der Waals surface area contributed by atoms with Crippen molar-refractivity contribution in [1.29, 1.82) is 0 Å². The second kappa shape index (κ2) is 6.85. The van der Waals surface area contributed by atoms with Crippen molar-refractivity contribution in [3.05, 3.63) is 75.7 Å². The molecule has 3 aromatic heterocycles. The van der Waals surface area contributed by atoms with E-state index in [0.29, 0.717) is 22.4 Å². The number of aryl methyl sites for hydroxylation is 1. The van der Waals surface area contributed by atoms with Gasteiger partial charge in [0.1, 0.15) is 11.6 Å². The summed E-state index contributed by atoms with van der Waals surface area (Å²) in [6.07, 6.45) is 5.22. The number of hydrogen-bond donors (Lipinski definition) is 2. The number of anilines is 1. The molecule has 1 aromatic carbocycles. The third-order valence-corrected chi connectivity index (χ3v) is 4.60. The highest BCUT2D eigenvalue weighted by Gasteiger charge is 2.13. The highest BCUT2D eigenvalue weighted by atomic mass is 35.5. The largest absolute Gasteiger partial charge is 0.347 e. The molecule has 0 aliphatic carbocycles. The van der Waals surface area contributed by atoms with Gasteiger partial charge in [0.2, 0.25) is 5.95 Å². The van der Waals surface area contributed by atoms with Crippen LogP contribution in [0.5, 0.6) is 0 Å². The third-order valence-electron chi connectivity index (χ3n) is 4.36. The average Bonchev–Trinajstić information content (AvgIpc) is 3.07. The molecule has 1 atom stereocenters. The Morgan fingerprint density at radius 2 is 2.04 bits per heavy atom. The van der Waals surface area contributed by atoms with Gasteiger partial charge in [-0.2, -0.15) is 4.98 Å². The number of fused-ring (bicyclic) bond motifs is 1. The Balaban J connectivity index is 1.65. The Kier molecular flexibility index (Phi) is 4.37. The smallest absolute Gasteiger partial charge is 0.253 e. The summed E-state index contributed by atoms with van der Waals surface area (Å²) in [7, 11) is 0. The highest BCUT2D eigenvalue weighted by molar-refractivity contribution is 6.31. The van der Waals surface area contributed by atoms with Gasteiger partial charge in [0.05, 0.1) is 6.04 Å². The maximum atomic E-state index is 12.5. The second-order valence-electron chi connectivity index (χ2n) is 6.23. The fraction of sp³-hybridized carbons (Fsp3) is 0.158. The van der Waals surface area contributed by atoms with E-state index in [1.807, 2.05) is 36.7 Å². The van der Waals surface area contributed by atoms with Crippen LogP contribution in [0.3, 0.4) is 0 Å². The Labute approximate surface area is 160 Å². The Morgan fingerprint density at radius 3 is 2.81 bits per heavy atom. The Hall–Kier alpha value is -3.19. The molecule has 27 heavy (non-hydrogen) atoms. The molecule has 0 saturated heterocycles. The summed E-state index contributed by atoms with van der Waals surface area (Å²) in [4.78, 5) is 28.3. The van der Waals surface area contributed by atoms with E-state index >= 15 is 0 Å². The van der Waals surface area contributed by atoms with Crippen molar-refractivity contribution in [3.63, 3.8) is 0 Å². The van der Waals surface area contributed by atoms with Crippen molar-refractivity contribution in [3.8, 4) is 5.82 Å². The summed E-state index contributed by atoms with van der Waals surface area (Å²) in [6, 6.07) is 8.70. The first-order chi connectivity index (χ1) is 13.0. The maximum Gasteiger partial charge on any atom is 0.253 e. The van der Waals surface area contributed by atoms with Crippen molar-refractivity contribution in [2.45, 2.75) is 19.9 Å². The molecule has 4 aromatic rings. The summed E-state index contributed by atoms with van der Waals surface area (Å²) in [6.45, 7) is 3.79. The van der Waals surface area contributed by atoms with E-state index in [1.54, 1.807) is 30.6 Å². The second-order valence-corrected chi connectivity index (χ2v) is 6.67. The zero-order valence-electron chi connectivity index (χ0n) is 14.8. The van der Waals surface area contributed by atoms with Crippen LogP contribution >= 0.6 is 11.6 Å². The van der Waals surface area contributed by atoms with Gasteiger partial charge in [0.15, 0.2) is 0 Å². The lowest BCUT2D eigenvalue weighted by molar-refractivity contribution is 0.835. The van der Waals surface area contributed by atoms with Gasteiger partial charge in [0.25, 0.3) is 5.56 Å². The number of aromatic nitrogens is 5. The van der Waals surface area contributed by atoms with Crippen molar-refractivity contribution >= 4 is 28.5 Å². The van der Waals surface area contributed by atoms with Gasteiger partial charge < -0.3 is 10.3 Å². The van der Waals surface area contributed by atoms with Crippen LogP contribution < -0.4 is 10.9 Å². The number of imidazole rings is 1. The van der Waals surface area contributed by atoms with Gasteiger partial charge >= 0.3 is 0 Å². The van der Waals surface area contributed by atoms with E-state index in [-0.39, 0.29) is 11.6 Å². The topological polar surface area (TPSA) is 88.5 Å². The molecule has 8 heteroatoms. The predicted octanol–water partition coefficient (Wildman–Crippen LogP) is 3.64. The normalized spacial score (nSPS) is 12.3. The third kappa shape index (κ3) is 3.41. The molecule has 0 amide bonds. The SMILES string of the molecule is Cc1nccn1-c1ccnc(N[C@@H](C)c2cc3cc(Cl)ccc3[nH]c2=O)n1. The number of hydrogen-bond acceptors (Lipinski definition) is 5. The van der Waals surface area contributed by atoms with Crippen LogP contribution in [0.25, 0.3) is 16.7 Å². The summed E-state index contributed by atoms with van der Waals surface area (Å²) < 4.78 is 1.86. The van der Waals surface area contributed by atoms with Crippen molar-refractivity contribution in [2.24, 2.45) is 0 Å². The zero-order valence-corrected chi connectivity index (χ0v) is 15.5. The van der Waals surface area contributed by atoms with Gasteiger partial charge in [-0.3, -0.25) is 9.36 Å². The number of aromatic amines is 1. The molecule has 3 heterocycles. The molecular formula is C19H17ClN6O. The fourth-order valence-corrected chi connectivity index (χ4v) is 3.14. The van der Waals surface area contributed by atoms with E-state index in [4.69, 9.17) is 11.6 Å². The number of halogens is 1. The van der Waals surface area contributed by atoms with Crippen LogP contribution in [0.4, 0.5) is 5.95 Å². The van der Waals surface area contributed by atoms with Crippen LogP contribution in [-0.2, 0) is 0 Å². The molecule has 0 radical (unpaired) electrons. The average molecular weight is 381 g/mol. The molecule has 0 bridgehead atoms. The highest BCUT2D eigenvalue weighted by Crippen LogP contribution is 2.21. The lowest BCUT2D eigenvalue weighted by Gasteiger charge is -2.15. The number of nitrogens with one attached hydrogen (secondary N) is 2. The Bertz CT molecular complexity index is 1180. The molecule has 0 aliphatic heterocycles. The summed E-state index contributed by atoms with van der Waals surface area (Å²) in [5.41, 5.74) is 1.16. The van der Waals surface area contributed by atoms with E-state index in [0.717, 1.165) is 16.7 Å². The molecular weight excluding hydrogens is 364 g/mol. The number of benzene rings is 1. The van der Waals surface area contributed by atoms with Gasteiger partial charge in [-0.1, -0.05) is 11.6 Å². The zero-order chi connectivity index (χ0) is 19.0. The minimum absolute atomic E-state index is 0.161. The van der Waals surface area contributed by atoms with Crippen LogP contribution in [0.2, 0.25) is 5.02 Å². The molecule has 0 aliphatic rings. The van der Waals surface area contributed by atoms with Gasteiger partial charge in [-0.05, 0) is 44.2 Å². The first-order valence-corrected chi connectivity index (χ1v) is 8.81.